The van der Waals surface area contributed by atoms with Gasteiger partial charge in [0.15, 0.2) is 0 Å². The Labute approximate surface area is 67.8 Å². The number of hydrogen-bond acceptors (Lipinski definition) is 1. The first kappa shape index (κ1) is 7.02. The Morgan fingerprint density at radius 2 is 1.40 bits per heavy atom. The maximum atomic E-state index is 2.16. The van der Waals surface area contributed by atoms with E-state index in [1.54, 1.807) is 12.8 Å². The summed E-state index contributed by atoms with van der Waals surface area (Å²) in [6.45, 7) is 0. The summed E-state index contributed by atoms with van der Waals surface area (Å²) in [6, 6.07) is 0. The van der Waals surface area contributed by atoms with Crippen LogP contribution < -0.4 is 0 Å². The Bertz CT molecular complexity index is 106. The number of rotatable bonds is 0. The molecule has 0 amide bonds. The van der Waals surface area contributed by atoms with Crippen LogP contribution in [-0.4, -0.2) is 11.5 Å². The van der Waals surface area contributed by atoms with E-state index in [-0.39, 0.29) is 0 Å². The molecule has 1 saturated heterocycles. The molecule has 0 unspecified atom stereocenters. The van der Waals surface area contributed by atoms with Gasteiger partial charge in [0.1, 0.15) is 0 Å². The van der Waals surface area contributed by atoms with Gasteiger partial charge in [-0.1, -0.05) is 12.8 Å². The van der Waals surface area contributed by atoms with E-state index in [2.05, 4.69) is 11.8 Å². The minimum Gasteiger partial charge on any atom is -0.162 e. The van der Waals surface area contributed by atoms with E-state index < -0.39 is 0 Å². The van der Waals surface area contributed by atoms with Crippen LogP contribution in [0.15, 0.2) is 0 Å². The van der Waals surface area contributed by atoms with Crippen LogP contribution in [0.4, 0.5) is 0 Å². The van der Waals surface area contributed by atoms with Crippen molar-refractivity contribution in [1.82, 2.24) is 0 Å². The lowest BCUT2D eigenvalue weighted by Gasteiger charge is -2.32. The molecule has 0 N–H and O–H groups in total. The second-order valence-corrected chi connectivity index (χ2v) is 5.04. The van der Waals surface area contributed by atoms with Crippen molar-refractivity contribution in [1.29, 1.82) is 0 Å². The summed E-state index contributed by atoms with van der Waals surface area (Å²) in [4.78, 5) is 0. The molecule has 1 saturated carbocycles. The van der Waals surface area contributed by atoms with E-state index in [4.69, 9.17) is 0 Å². The molecule has 0 aromatic heterocycles. The zero-order valence-corrected chi connectivity index (χ0v) is 7.38. The summed E-state index contributed by atoms with van der Waals surface area (Å²) >= 11 is 2.16. The molecule has 0 aromatic carbocycles. The van der Waals surface area contributed by atoms with E-state index in [1.165, 1.54) is 37.2 Å². The second-order valence-electron chi connectivity index (χ2n) is 3.82. The quantitative estimate of drug-likeness (QED) is 0.519. The molecule has 2 aliphatic rings. The molecule has 2 fully saturated rings. The first-order valence-electron chi connectivity index (χ1n) is 4.49. The molecule has 10 heavy (non-hydrogen) atoms. The van der Waals surface area contributed by atoms with Gasteiger partial charge in [0, 0.05) is 0 Å². The van der Waals surface area contributed by atoms with Gasteiger partial charge in [0.05, 0.1) is 0 Å². The first-order chi connectivity index (χ1) is 4.91. The SMILES string of the molecule is C1CCC2(C1)CCSCC2. The summed E-state index contributed by atoms with van der Waals surface area (Å²) in [5.41, 5.74) is 0.852. The largest absolute Gasteiger partial charge is 0.162 e. The van der Waals surface area contributed by atoms with Gasteiger partial charge < -0.3 is 0 Å². The molecule has 0 nitrogen and oxygen atoms in total. The smallest absolute Gasteiger partial charge is 0.00622 e. The lowest BCUT2D eigenvalue weighted by atomic mass is 9.80. The molecule has 1 aliphatic carbocycles. The Hall–Kier alpha value is 0.350. The van der Waals surface area contributed by atoms with E-state index in [1.807, 2.05) is 0 Å². The van der Waals surface area contributed by atoms with Crippen LogP contribution in [0.2, 0.25) is 0 Å². The van der Waals surface area contributed by atoms with Gasteiger partial charge in [0.25, 0.3) is 0 Å². The zero-order chi connectivity index (χ0) is 6.86. The highest BCUT2D eigenvalue weighted by Gasteiger charge is 2.34. The highest BCUT2D eigenvalue weighted by Crippen LogP contribution is 2.47. The Morgan fingerprint density at radius 3 is 2.00 bits per heavy atom. The molecule has 1 aliphatic heterocycles. The molecule has 2 rings (SSSR count). The van der Waals surface area contributed by atoms with Crippen molar-refractivity contribution in [3.63, 3.8) is 0 Å². The maximum Gasteiger partial charge on any atom is -0.00622 e. The lowest BCUT2D eigenvalue weighted by Crippen LogP contribution is -2.22. The van der Waals surface area contributed by atoms with Crippen LogP contribution in [-0.2, 0) is 0 Å². The van der Waals surface area contributed by atoms with Gasteiger partial charge in [-0.25, -0.2) is 0 Å². The Balaban J connectivity index is 1.98. The molecule has 1 heterocycles. The highest BCUT2D eigenvalue weighted by molar-refractivity contribution is 7.99. The van der Waals surface area contributed by atoms with Gasteiger partial charge in [-0.2, -0.15) is 11.8 Å². The van der Waals surface area contributed by atoms with E-state index in [0.29, 0.717) is 0 Å². The van der Waals surface area contributed by atoms with Crippen molar-refractivity contribution in [2.75, 3.05) is 11.5 Å². The number of thioether (sulfide) groups is 1. The van der Waals surface area contributed by atoms with Crippen LogP contribution in [0.25, 0.3) is 0 Å². The fraction of sp³-hybridized carbons (Fsp3) is 1.00. The molecule has 0 radical (unpaired) electrons. The zero-order valence-electron chi connectivity index (χ0n) is 6.57. The minimum atomic E-state index is 0.852. The third kappa shape index (κ3) is 1.20. The van der Waals surface area contributed by atoms with E-state index in [9.17, 15) is 0 Å². The van der Waals surface area contributed by atoms with Gasteiger partial charge in [0.2, 0.25) is 0 Å². The standard InChI is InChI=1S/C9H16S/c1-2-4-9(3-1)5-7-10-8-6-9/h1-8H2. The maximum absolute atomic E-state index is 2.16. The van der Waals surface area contributed by atoms with Crippen LogP contribution >= 0.6 is 11.8 Å². The molecule has 0 aromatic rings. The predicted octanol–water partition coefficient (Wildman–Crippen LogP) is 3.07. The van der Waals surface area contributed by atoms with Crippen LogP contribution in [0.1, 0.15) is 38.5 Å². The summed E-state index contributed by atoms with van der Waals surface area (Å²) in [7, 11) is 0. The van der Waals surface area contributed by atoms with Crippen molar-refractivity contribution in [2.45, 2.75) is 38.5 Å². The molecule has 0 atom stereocenters. The topological polar surface area (TPSA) is 0 Å². The summed E-state index contributed by atoms with van der Waals surface area (Å²) in [6.07, 6.45) is 9.19. The van der Waals surface area contributed by atoms with Crippen LogP contribution in [0, 0.1) is 5.41 Å². The predicted molar refractivity (Wildman–Crippen MR) is 47.5 cm³/mol. The third-order valence-corrected chi connectivity index (χ3v) is 4.20. The fourth-order valence-electron chi connectivity index (χ4n) is 2.43. The van der Waals surface area contributed by atoms with Crippen molar-refractivity contribution in [3.05, 3.63) is 0 Å². The molecular formula is C9H16S. The van der Waals surface area contributed by atoms with Gasteiger partial charge in [-0.05, 0) is 42.6 Å². The van der Waals surface area contributed by atoms with Gasteiger partial charge in [-0.3, -0.25) is 0 Å². The summed E-state index contributed by atoms with van der Waals surface area (Å²) in [5, 5.41) is 0. The second kappa shape index (κ2) is 2.77. The summed E-state index contributed by atoms with van der Waals surface area (Å²) in [5.74, 6) is 2.89. The molecule has 0 bridgehead atoms. The monoisotopic (exact) mass is 156 g/mol. The van der Waals surface area contributed by atoms with Gasteiger partial charge in [-0.15, -0.1) is 0 Å². The van der Waals surface area contributed by atoms with Crippen molar-refractivity contribution < 1.29 is 0 Å². The Kier molecular flexibility index (Phi) is 1.94. The van der Waals surface area contributed by atoms with Crippen molar-refractivity contribution in [3.8, 4) is 0 Å². The van der Waals surface area contributed by atoms with E-state index in [0.717, 1.165) is 5.41 Å². The molecule has 1 heteroatoms. The third-order valence-electron chi connectivity index (χ3n) is 3.22. The molecule has 58 valence electrons. The van der Waals surface area contributed by atoms with Crippen LogP contribution in [0.5, 0.6) is 0 Å². The average molecular weight is 156 g/mol. The highest BCUT2D eigenvalue weighted by atomic mass is 32.2. The normalized spacial score (nSPS) is 31.2. The fourth-order valence-corrected chi connectivity index (χ4v) is 3.79. The van der Waals surface area contributed by atoms with Gasteiger partial charge >= 0.3 is 0 Å². The number of hydrogen-bond donors (Lipinski definition) is 0. The minimum absolute atomic E-state index is 0.852. The Morgan fingerprint density at radius 1 is 0.800 bits per heavy atom. The average Bonchev–Trinajstić information content (AvgIpc) is 2.39. The molecule has 1 spiro atoms. The summed E-state index contributed by atoms with van der Waals surface area (Å²) < 4.78 is 0. The first-order valence-corrected chi connectivity index (χ1v) is 5.65. The lowest BCUT2D eigenvalue weighted by molar-refractivity contribution is 0.271. The van der Waals surface area contributed by atoms with E-state index >= 15 is 0 Å². The van der Waals surface area contributed by atoms with Crippen LogP contribution in [0.3, 0.4) is 0 Å². The van der Waals surface area contributed by atoms with Crippen molar-refractivity contribution >= 4 is 11.8 Å². The van der Waals surface area contributed by atoms with Crippen molar-refractivity contribution in [2.24, 2.45) is 5.41 Å². The molecular weight excluding hydrogens is 140 g/mol.